The molecule has 5 nitrogen and oxygen atoms in total. The summed E-state index contributed by atoms with van der Waals surface area (Å²) in [6.45, 7) is 3.64. The van der Waals surface area contributed by atoms with Crippen molar-refractivity contribution >= 4 is 39.9 Å². The van der Waals surface area contributed by atoms with Gasteiger partial charge >= 0.3 is 0 Å². The SMILES string of the molecule is Cc1ncn(-c2cc(Cl)c(C(=O)CC[C@@H](c3cccc(F)c3)c3ccc4c(C)ccc(F)c4n3)c(Cl)c2)n1. The predicted octanol–water partition coefficient (Wildman–Crippen LogP) is 7.81. The molecule has 0 aliphatic carbocycles. The van der Waals surface area contributed by atoms with E-state index in [0.717, 1.165) is 5.56 Å². The third kappa shape index (κ3) is 5.17. The van der Waals surface area contributed by atoms with Crippen molar-refractivity contribution in [2.24, 2.45) is 0 Å². The molecule has 0 bridgehead atoms. The van der Waals surface area contributed by atoms with Gasteiger partial charge in [-0.05, 0) is 67.8 Å². The lowest BCUT2D eigenvalue weighted by molar-refractivity contribution is 0.0979. The van der Waals surface area contributed by atoms with Crippen LogP contribution < -0.4 is 0 Å². The molecule has 2 heterocycles. The van der Waals surface area contributed by atoms with Gasteiger partial charge < -0.3 is 0 Å². The van der Waals surface area contributed by atoms with E-state index in [0.29, 0.717) is 28.2 Å². The van der Waals surface area contributed by atoms with Crippen molar-refractivity contribution in [1.82, 2.24) is 19.7 Å². The van der Waals surface area contributed by atoms with E-state index in [4.69, 9.17) is 23.2 Å². The summed E-state index contributed by atoms with van der Waals surface area (Å²) in [5, 5.41) is 5.32. The zero-order valence-electron chi connectivity index (χ0n) is 20.6. The lowest BCUT2D eigenvalue weighted by Gasteiger charge is -2.18. The van der Waals surface area contributed by atoms with Gasteiger partial charge in [-0.25, -0.2) is 23.4 Å². The van der Waals surface area contributed by atoms with E-state index in [2.05, 4.69) is 15.1 Å². The molecule has 0 saturated heterocycles. The van der Waals surface area contributed by atoms with Crippen LogP contribution in [-0.4, -0.2) is 25.5 Å². The smallest absolute Gasteiger partial charge is 0.165 e. The molecule has 1 atom stereocenters. The number of fused-ring (bicyclic) bond motifs is 1. The Morgan fingerprint density at radius 1 is 1.00 bits per heavy atom. The lowest BCUT2D eigenvalue weighted by Crippen LogP contribution is -2.10. The molecule has 5 rings (SSSR count). The number of benzene rings is 3. The van der Waals surface area contributed by atoms with Crippen molar-refractivity contribution in [3.05, 3.63) is 117 Å². The maximum atomic E-state index is 14.6. The Labute approximate surface area is 228 Å². The molecule has 5 aromatic rings. The first-order valence-corrected chi connectivity index (χ1v) is 12.7. The minimum atomic E-state index is -0.464. The van der Waals surface area contributed by atoms with Crippen molar-refractivity contribution < 1.29 is 13.6 Å². The summed E-state index contributed by atoms with van der Waals surface area (Å²) in [6.07, 6.45) is 1.87. The minimum absolute atomic E-state index is 0.0540. The molecule has 192 valence electrons. The van der Waals surface area contributed by atoms with Crippen LogP contribution in [0.5, 0.6) is 0 Å². The van der Waals surface area contributed by atoms with Crippen LogP contribution in [0.3, 0.4) is 0 Å². The van der Waals surface area contributed by atoms with Gasteiger partial charge in [0.2, 0.25) is 0 Å². The van der Waals surface area contributed by atoms with E-state index in [1.165, 1.54) is 29.2 Å². The van der Waals surface area contributed by atoms with E-state index < -0.39 is 17.6 Å². The quantitative estimate of drug-likeness (QED) is 0.194. The number of pyridine rings is 1. The standard InChI is InChI=1S/C29H22Cl2F2N4O/c1-16-6-9-25(33)29-21(16)7-10-26(35-29)22(18-4-3-5-19(32)12-18)8-11-27(38)28-23(30)13-20(14-24(28)31)37-15-34-17(2)36-37/h3-7,9-10,12-15,22H,8,11H2,1-2H3/t22-/m0/s1. The molecule has 0 aliphatic heterocycles. The fraction of sp³-hybridized carbons (Fsp3) is 0.172. The third-order valence-electron chi connectivity index (χ3n) is 6.49. The number of halogens is 4. The largest absolute Gasteiger partial charge is 0.294 e. The molecule has 0 saturated carbocycles. The molecule has 0 aliphatic rings. The second-order valence-electron chi connectivity index (χ2n) is 9.09. The highest BCUT2D eigenvalue weighted by Gasteiger charge is 2.23. The molecule has 9 heteroatoms. The van der Waals surface area contributed by atoms with E-state index in [1.807, 2.05) is 13.0 Å². The van der Waals surface area contributed by atoms with Gasteiger partial charge in [0.15, 0.2) is 5.78 Å². The number of aromatic nitrogens is 4. The number of ketones is 1. The van der Waals surface area contributed by atoms with E-state index >= 15 is 0 Å². The van der Waals surface area contributed by atoms with E-state index in [1.54, 1.807) is 43.3 Å². The van der Waals surface area contributed by atoms with Gasteiger partial charge in [0.1, 0.15) is 29.3 Å². The Kier molecular flexibility index (Phi) is 7.23. The van der Waals surface area contributed by atoms with Gasteiger partial charge in [0.25, 0.3) is 0 Å². The Bertz CT molecular complexity index is 1660. The first kappa shape index (κ1) is 25.9. The summed E-state index contributed by atoms with van der Waals surface area (Å²) in [6, 6.07) is 16.0. The highest BCUT2D eigenvalue weighted by atomic mass is 35.5. The summed E-state index contributed by atoms with van der Waals surface area (Å²) in [7, 11) is 0. The maximum Gasteiger partial charge on any atom is 0.165 e. The molecule has 38 heavy (non-hydrogen) atoms. The average Bonchev–Trinajstić information content (AvgIpc) is 3.32. The number of carbonyl (C=O) groups is 1. The van der Waals surface area contributed by atoms with Gasteiger partial charge in [0, 0.05) is 23.4 Å². The fourth-order valence-corrected chi connectivity index (χ4v) is 5.26. The minimum Gasteiger partial charge on any atom is -0.294 e. The van der Waals surface area contributed by atoms with Gasteiger partial charge in [0.05, 0.1) is 21.3 Å². The highest BCUT2D eigenvalue weighted by molar-refractivity contribution is 6.40. The number of hydrogen-bond donors (Lipinski definition) is 0. The fourth-order valence-electron chi connectivity index (χ4n) is 4.57. The van der Waals surface area contributed by atoms with Gasteiger partial charge in [-0.15, -0.1) is 0 Å². The molecule has 0 spiro atoms. The van der Waals surface area contributed by atoms with Crippen LogP contribution in [0.25, 0.3) is 16.6 Å². The molecule has 0 N–H and O–H groups in total. The van der Waals surface area contributed by atoms with Gasteiger partial charge in [-0.2, -0.15) is 5.10 Å². The second kappa shape index (κ2) is 10.6. The molecular weight excluding hydrogens is 529 g/mol. The molecule has 0 unspecified atom stereocenters. The average molecular weight is 551 g/mol. The van der Waals surface area contributed by atoms with E-state index in [9.17, 15) is 13.6 Å². The first-order chi connectivity index (χ1) is 18.2. The van der Waals surface area contributed by atoms with Gasteiger partial charge in [-0.3, -0.25) is 4.79 Å². The van der Waals surface area contributed by atoms with Crippen molar-refractivity contribution in [3.63, 3.8) is 0 Å². The van der Waals surface area contributed by atoms with Crippen LogP contribution in [0.2, 0.25) is 10.0 Å². The molecular formula is C29H22Cl2F2N4O. The Balaban J connectivity index is 1.47. The molecule has 2 aromatic heterocycles. The number of Topliss-reactive ketones (excluding diaryl/α,β-unsaturated/α-hetero) is 1. The predicted molar refractivity (Wildman–Crippen MR) is 144 cm³/mol. The number of aryl methyl sites for hydroxylation is 2. The number of rotatable bonds is 7. The summed E-state index contributed by atoms with van der Waals surface area (Å²) in [4.78, 5) is 22.0. The number of nitrogens with zero attached hydrogens (tertiary/aromatic N) is 4. The number of hydrogen-bond acceptors (Lipinski definition) is 4. The number of carbonyl (C=O) groups excluding carboxylic acids is 1. The van der Waals surface area contributed by atoms with Crippen LogP contribution in [0.15, 0.2) is 67.0 Å². The monoisotopic (exact) mass is 550 g/mol. The summed E-state index contributed by atoms with van der Waals surface area (Å²) in [5.41, 5.74) is 3.07. The molecule has 3 aromatic carbocycles. The summed E-state index contributed by atoms with van der Waals surface area (Å²) in [5.74, 6) is -1.01. The zero-order chi connectivity index (χ0) is 27.0. The molecule has 0 radical (unpaired) electrons. The van der Waals surface area contributed by atoms with Crippen molar-refractivity contribution in [1.29, 1.82) is 0 Å². The summed E-state index contributed by atoms with van der Waals surface area (Å²) < 4.78 is 30.3. The third-order valence-corrected chi connectivity index (χ3v) is 7.09. The highest BCUT2D eigenvalue weighted by Crippen LogP contribution is 2.34. The Morgan fingerprint density at radius 2 is 1.76 bits per heavy atom. The van der Waals surface area contributed by atoms with Gasteiger partial charge in [-0.1, -0.05) is 47.5 Å². The van der Waals surface area contributed by atoms with Crippen molar-refractivity contribution in [2.45, 2.75) is 32.6 Å². The van der Waals surface area contributed by atoms with Crippen LogP contribution in [0, 0.1) is 25.5 Å². The Hall–Kier alpha value is -3.68. The van der Waals surface area contributed by atoms with Crippen LogP contribution in [-0.2, 0) is 0 Å². The normalized spacial score (nSPS) is 12.2. The van der Waals surface area contributed by atoms with Crippen LogP contribution in [0.1, 0.15) is 51.8 Å². The first-order valence-electron chi connectivity index (χ1n) is 11.9. The van der Waals surface area contributed by atoms with Crippen LogP contribution in [0.4, 0.5) is 8.78 Å². The van der Waals surface area contributed by atoms with Crippen LogP contribution >= 0.6 is 23.2 Å². The van der Waals surface area contributed by atoms with Crippen molar-refractivity contribution in [3.8, 4) is 5.69 Å². The molecule has 0 amide bonds. The lowest BCUT2D eigenvalue weighted by atomic mass is 9.88. The second-order valence-corrected chi connectivity index (χ2v) is 9.90. The molecule has 0 fully saturated rings. The van der Waals surface area contributed by atoms with E-state index in [-0.39, 0.29) is 39.8 Å². The maximum absolute atomic E-state index is 14.6. The topological polar surface area (TPSA) is 60.7 Å². The van der Waals surface area contributed by atoms with Crippen molar-refractivity contribution in [2.75, 3.05) is 0 Å². The Morgan fingerprint density at radius 3 is 2.45 bits per heavy atom. The zero-order valence-corrected chi connectivity index (χ0v) is 22.1. The summed E-state index contributed by atoms with van der Waals surface area (Å²) >= 11 is 13.0.